The molecule has 1 aromatic rings. The number of ether oxygens (including phenoxy) is 2. The maximum absolute atomic E-state index is 12.5. The van der Waals surface area contributed by atoms with E-state index in [1.807, 2.05) is 0 Å². The molecular weight excluding hydrogens is 324 g/mol. The minimum absolute atomic E-state index is 0.110. The average molecular weight is 348 g/mol. The number of aliphatic hydroxyl groups excluding tert-OH is 1. The first-order valence-electron chi connectivity index (χ1n) is 8.56. The molecule has 2 heterocycles. The van der Waals surface area contributed by atoms with Crippen LogP contribution in [0.25, 0.3) is 0 Å². The highest BCUT2D eigenvalue weighted by Crippen LogP contribution is 2.37. The number of methoxy groups -OCH3 is 1. The van der Waals surface area contributed by atoms with E-state index >= 15 is 0 Å². The molecule has 1 aromatic carbocycles. The summed E-state index contributed by atoms with van der Waals surface area (Å²) in [5, 5.41) is 13.2. The van der Waals surface area contributed by atoms with Crippen molar-refractivity contribution in [3.63, 3.8) is 0 Å². The van der Waals surface area contributed by atoms with Crippen LogP contribution in [0.4, 0.5) is 0 Å². The van der Waals surface area contributed by atoms with E-state index in [2.05, 4.69) is 5.32 Å². The van der Waals surface area contributed by atoms with Crippen molar-refractivity contribution in [2.45, 2.75) is 25.4 Å². The Morgan fingerprint density at radius 2 is 2.24 bits per heavy atom. The Labute approximate surface area is 146 Å². The topological polar surface area (TPSA) is 88.1 Å². The molecule has 2 amide bonds. The van der Waals surface area contributed by atoms with Gasteiger partial charge in [-0.15, -0.1) is 0 Å². The summed E-state index contributed by atoms with van der Waals surface area (Å²) < 4.78 is 10.7. The second-order valence-electron chi connectivity index (χ2n) is 6.60. The summed E-state index contributed by atoms with van der Waals surface area (Å²) in [5.74, 6) is 0.865. The molecule has 0 radical (unpaired) electrons. The molecule has 7 nitrogen and oxygen atoms in total. The monoisotopic (exact) mass is 348 g/mol. The van der Waals surface area contributed by atoms with Crippen molar-refractivity contribution >= 4 is 11.8 Å². The summed E-state index contributed by atoms with van der Waals surface area (Å²) in [7, 11) is 1.57. The van der Waals surface area contributed by atoms with Crippen LogP contribution in [0.2, 0.25) is 0 Å². The molecule has 2 N–H and O–H groups in total. The number of nitrogens with zero attached hydrogens (tertiary/aromatic N) is 1. The Kier molecular flexibility index (Phi) is 5.13. The summed E-state index contributed by atoms with van der Waals surface area (Å²) in [5.41, 5.74) is -0.887. The lowest BCUT2D eigenvalue weighted by atomic mass is 9.71. The number of rotatable bonds is 4. The summed E-state index contributed by atoms with van der Waals surface area (Å²) >= 11 is 0. The van der Waals surface area contributed by atoms with Crippen molar-refractivity contribution in [2.24, 2.45) is 5.41 Å². The fourth-order valence-electron chi connectivity index (χ4n) is 3.58. The molecule has 7 heteroatoms. The molecule has 2 fully saturated rings. The Hall–Kier alpha value is -2.28. The van der Waals surface area contributed by atoms with Crippen LogP contribution < -0.4 is 14.8 Å². The lowest BCUT2D eigenvalue weighted by Crippen LogP contribution is -2.62. The van der Waals surface area contributed by atoms with Crippen molar-refractivity contribution in [2.75, 3.05) is 33.4 Å². The van der Waals surface area contributed by atoms with Crippen LogP contribution in [-0.4, -0.2) is 61.3 Å². The number of benzene rings is 1. The summed E-state index contributed by atoms with van der Waals surface area (Å²) in [4.78, 5) is 26.5. The number of aliphatic hydroxyl groups is 1. The number of hydrogen-bond donors (Lipinski definition) is 2. The van der Waals surface area contributed by atoms with Gasteiger partial charge in [-0.25, -0.2) is 0 Å². The van der Waals surface area contributed by atoms with E-state index in [0.717, 1.165) is 6.42 Å². The van der Waals surface area contributed by atoms with Gasteiger partial charge >= 0.3 is 0 Å². The molecule has 2 atom stereocenters. The number of nitrogens with one attached hydrogen (secondary N) is 1. The number of carbonyl (C=O) groups is 2. The van der Waals surface area contributed by atoms with Crippen LogP contribution in [0.3, 0.4) is 0 Å². The van der Waals surface area contributed by atoms with Crippen molar-refractivity contribution in [3.05, 3.63) is 24.3 Å². The average Bonchev–Trinajstić information content (AvgIpc) is 2.64. The van der Waals surface area contributed by atoms with Gasteiger partial charge in [0.15, 0.2) is 6.61 Å². The number of carbonyl (C=O) groups excluding carboxylic acids is 2. The van der Waals surface area contributed by atoms with Crippen LogP contribution in [0.15, 0.2) is 24.3 Å². The fraction of sp³-hybridized carbons (Fsp3) is 0.556. The molecule has 0 unspecified atom stereocenters. The molecule has 1 spiro atoms. The van der Waals surface area contributed by atoms with Crippen LogP contribution in [0.5, 0.6) is 11.5 Å². The first kappa shape index (κ1) is 17.5. The maximum Gasteiger partial charge on any atom is 0.260 e. The van der Waals surface area contributed by atoms with Gasteiger partial charge in [-0.3, -0.25) is 9.59 Å². The predicted octanol–water partition coefficient (Wildman–Crippen LogP) is 0.564. The largest absolute Gasteiger partial charge is 0.497 e. The standard InChI is InChI=1S/C18H24N2O5/c1-24-13-4-2-5-14(10-13)25-11-16(22)20-9-6-15(21)18(12-20)7-3-8-19-17(18)23/h2,4-5,10,15,21H,3,6-9,11-12H2,1H3,(H,19,23)/t15-,18+/m0/s1. The van der Waals surface area contributed by atoms with Gasteiger partial charge in [-0.1, -0.05) is 6.07 Å². The lowest BCUT2D eigenvalue weighted by molar-refractivity contribution is -0.155. The second kappa shape index (κ2) is 7.31. The van der Waals surface area contributed by atoms with Gasteiger partial charge in [-0.2, -0.15) is 0 Å². The SMILES string of the molecule is COc1cccc(OCC(=O)N2CC[C@H](O)[C@@]3(CCCNC3=O)C2)c1. The summed E-state index contributed by atoms with van der Waals surface area (Å²) in [6.45, 7) is 1.18. The third-order valence-electron chi connectivity index (χ3n) is 5.08. The van der Waals surface area contributed by atoms with Crippen molar-refractivity contribution in [1.82, 2.24) is 10.2 Å². The predicted molar refractivity (Wildman–Crippen MR) is 90.4 cm³/mol. The zero-order chi connectivity index (χ0) is 17.9. The third kappa shape index (κ3) is 3.56. The maximum atomic E-state index is 12.5. The highest BCUT2D eigenvalue weighted by Gasteiger charge is 2.50. The smallest absolute Gasteiger partial charge is 0.260 e. The summed E-state index contributed by atoms with van der Waals surface area (Å²) in [6.07, 6.45) is 1.10. The lowest BCUT2D eigenvalue weighted by Gasteiger charge is -2.46. The first-order valence-corrected chi connectivity index (χ1v) is 8.56. The number of piperidine rings is 2. The van der Waals surface area contributed by atoms with E-state index in [-0.39, 0.29) is 25.0 Å². The van der Waals surface area contributed by atoms with E-state index in [4.69, 9.17) is 9.47 Å². The van der Waals surface area contributed by atoms with E-state index in [0.29, 0.717) is 37.4 Å². The Morgan fingerprint density at radius 3 is 3.00 bits per heavy atom. The van der Waals surface area contributed by atoms with Gasteiger partial charge in [-0.05, 0) is 31.4 Å². The van der Waals surface area contributed by atoms with Crippen LogP contribution >= 0.6 is 0 Å². The highest BCUT2D eigenvalue weighted by atomic mass is 16.5. The van der Waals surface area contributed by atoms with Crippen molar-refractivity contribution in [3.8, 4) is 11.5 Å². The minimum Gasteiger partial charge on any atom is -0.497 e. The number of likely N-dealkylation sites (tertiary alicyclic amines) is 1. The van der Waals surface area contributed by atoms with Gasteiger partial charge in [0, 0.05) is 25.7 Å². The molecule has 0 aromatic heterocycles. The molecule has 25 heavy (non-hydrogen) atoms. The highest BCUT2D eigenvalue weighted by molar-refractivity contribution is 5.86. The van der Waals surface area contributed by atoms with Gasteiger partial charge in [0.1, 0.15) is 11.5 Å². The fourth-order valence-corrected chi connectivity index (χ4v) is 3.58. The molecule has 0 aliphatic carbocycles. The van der Waals surface area contributed by atoms with Gasteiger partial charge in [0.2, 0.25) is 5.91 Å². The summed E-state index contributed by atoms with van der Waals surface area (Å²) in [6, 6.07) is 7.05. The second-order valence-corrected chi connectivity index (χ2v) is 6.60. The molecular formula is C18H24N2O5. The zero-order valence-electron chi connectivity index (χ0n) is 14.4. The van der Waals surface area contributed by atoms with Gasteiger partial charge < -0.3 is 24.8 Å². The molecule has 2 aliphatic heterocycles. The van der Waals surface area contributed by atoms with E-state index in [9.17, 15) is 14.7 Å². The molecule has 2 aliphatic rings. The van der Waals surface area contributed by atoms with E-state index < -0.39 is 11.5 Å². The van der Waals surface area contributed by atoms with Crippen LogP contribution in [0.1, 0.15) is 19.3 Å². The molecule has 2 saturated heterocycles. The molecule has 0 bridgehead atoms. The quantitative estimate of drug-likeness (QED) is 0.830. The van der Waals surface area contributed by atoms with E-state index in [1.165, 1.54) is 0 Å². The molecule has 3 rings (SSSR count). The number of hydrogen-bond acceptors (Lipinski definition) is 5. The number of amides is 2. The van der Waals surface area contributed by atoms with Gasteiger partial charge in [0.05, 0.1) is 18.6 Å². The van der Waals surface area contributed by atoms with Gasteiger partial charge in [0.25, 0.3) is 5.91 Å². The normalized spacial score (nSPS) is 26.2. The third-order valence-corrected chi connectivity index (χ3v) is 5.08. The Morgan fingerprint density at radius 1 is 1.44 bits per heavy atom. The van der Waals surface area contributed by atoms with Crippen LogP contribution in [-0.2, 0) is 9.59 Å². The minimum atomic E-state index is -0.887. The Balaban J connectivity index is 1.63. The van der Waals surface area contributed by atoms with Crippen molar-refractivity contribution < 1.29 is 24.2 Å². The van der Waals surface area contributed by atoms with E-state index in [1.54, 1.807) is 36.3 Å². The van der Waals surface area contributed by atoms with Crippen LogP contribution in [0, 0.1) is 5.41 Å². The first-order chi connectivity index (χ1) is 12.0. The molecule has 0 saturated carbocycles. The molecule has 136 valence electrons. The Bertz CT molecular complexity index is 650. The zero-order valence-corrected chi connectivity index (χ0v) is 14.4. The van der Waals surface area contributed by atoms with Crippen molar-refractivity contribution in [1.29, 1.82) is 0 Å².